The molecule has 1 aromatic carbocycles. The Kier molecular flexibility index (Phi) is 3.96. The first-order valence-corrected chi connectivity index (χ1v) is 5.42. The molecule has 0 heterocycles. The fourth-order valence-corrected chi connectivity index (χ4v) is 1.56. The Hall–Kier alpha value is -1.04. The smallest absolute Gasteiger partial charge is 0.405 e. The molecule has 0 unspecified atom stereocenters. The number of carbonyl (C=O) groups is 1. The van der Waals surface area contributed by atoms with Crippen molar-refractivity contribution in [1.29, 1.82) is 0 Å². The van der Waals surface area contributed by atoms with Gasteiger partial charge in [-0.1, -0.05) is 28.1 Å². The maximum absolute atomic E-state index is 12.1. The molecule has 88 valence electrons. The van der Waals surface area contributed by atoms with Gasteiger partial charge in [0.15, 0.2) is 5.78 Å². The average Bonchev–Trinajstić information content (AvgIpc) is 2.14. The summed E-state index contributed by atoms with van der Waals surface area (Å²) in [5.41, 5.74) is 0.405. The van der Waals surface area contributed by atoms with Crippen LogP contribution in [0.25, 0.3) is 0 Å². The molecule has 0 saturated carbocycles. The molecular formula is C10H8BrF3O2. The van der Waals surface area contributed by atoms with Crippen LogP contribution in [0.4, 0.5) is 13.2 Å². The van der Waals surface area contributed by atoms with Gasteiger partial charge in [0.1, 0.15) is 5.75 Å². The summed E-state index contributed by atoms with van der Waals surface area (Å²) in [5.74, 6) is -0.908. The summed E-state index contributed by atoms with van der Waals surface area (Å²) in [5, 5.41) is -0.0495. The standard InChI is InChI=1S/C10H8BrF3O2/c1-6-3-2-4-8(16-10(12,13)14)9(6)7(15)5-11/h2-4H,5H2,1H3. The molecule has 0 bridgehead atoms. The van der Waals surface area contributed by atoms with Gasteiger partial charge in [0, 0.05) is 0 Å². The minimum absolute atomic E-state index is 0.0447. The monoisotopic (exact) mass is 296 g/mol. The van der Waals surface area contributed by atoms with Gasteiger partial charge in [-0.25, -0.2) is 0 Å². The van der Waals surface area contributed by atoms with E-state index in [1.54, 1.807) is 13.0 Å². The minimum Gasteiger partial charge on any atom is -0.405 e. The number of alkyl halides is 4. The largest absolute Gasteiger partial charge is 0.573 e. The topological polar surface area (TPSA) is 26.3 Å². The summed E-state index contributed by atoms with van der Waals surface area (Å²) in [6.07, 6.45) is -4.80. The Labute approximate surface area is 98.5 Å². The number of rotatable bonds is 3. The molecular weight excluding hydrogens is 289 g/mol. The molecule has 6 heteroatoms. The lowest BCUT2D eigenvalue weighted by Crippen LogP contribution is -2.19. The maximum Gasteiger partial charge on any atom is 0.573 e. The number of hydrogen-bond donors (Lipinski definition) is 0. The molecule has 0 spiro atoms. The summed E-state index contributed by atoms with van der Waals surface area (Å²) >= 11 is 2.91. The lowest BCUT2D eigenvalue weighted by molar-refractivity contribution is -0.274. The van der Waals surface area contributed by atoms with Crippen molar-refractivity contribution in [2.24, 2.45) is 0 Å². The van der Waals surface area contributed by atoms with Crippen molar-refractivity contribution in [3.63, 3.8) is 0 Å². The van der Waals surface area contributed by atoms with Gasteiger partial charge in [-0.05, 0) is 18.6 Å². The van der Waals surface area contributed by atoms with Crippen LogP contribution in [0.1, 0.15) is 15.9 Å². The van der Waals surface area contributed by atoms with Gasteiger partial charge in [0.05, 0.1) is 10.9 Å². The quantitative estimate of drug-likeness (QED) is 0.631. The van der Waals surface area contributed by atoms with Crippen LogP contribution in [0.5, 0.6) is 5.75 Å². The molecule has 0 aliphatic carbocycles. The van der Waals surface area contributed by atoms with Crippen LogP contribution in [-0.2, 0) is 0 Å². The number of hydrogen-bond acceptors (Lipinski definition) is 2. The SMILES string of the molecule is Cc1cccc(OC(F)(F)F)c1C(=O)CBr. The summed E-state index contributed by atoms with van der Waals surface area (Å²) < 4.78 is 40.0. The van der Waals surface area contributed by atoms with Gasteiger partial charge in [-0.15, -0.1) is 13.2 Å². The van der Waals surface area contributed by atoms with Gasteiger partial charge in [0.2, 0.25) is 0 Å². The van der Waals surface area contributed by atoms with Crippen LogP contribution >= 0.6 is 15.9 Å². The van der Waals surface area contributed by atoms with Gasteiger partial charge in [0.25, 0.3) is 0 Å². The Balaban J connectivity index is 3.18. The highest BCUT2D eigenvalue weighted by Crippen LogP contribution is 2.28. The maximum atomic E-state index is 12.1. The highest BCUT2D eigenvalue weighted by molar-refractivity contribution is 9.09. The number of halogens is 4. The predicted molar refractivity (Wildman–Crippen MR) is 56.0 cm³/mol. The Morgan fingerprint density at radius 2 is 2.06 bits per heavy atom. The van der Waals surface area contributed by atoms with Gasteiger partial charge < -0.3 is 4.74 Å². The second-order valence-corrected chi connectivity index (χ2v) is 3.61. The number of ether oxygens (including phenoxy) is 1. The Morgan fingerprint density at radius 1 is 1.44 bits per heavy atom. The third-order valence-corrected chi connectivity index (χ3v) is 2.37. The highest BCUT2D eigenvalue weighted by atomic mass is 79.9. The number of benzene rings is 1. The first-order chi connectivity index (χ1) is 7.35. The number of aryl methyl sites for hydroxylation is 1. The third-order valence-electron chi connectivity index (χ3n) is 1.86. The first kappa shape index (κ1) is 13.0. The van der Waals surface area contributed by atoms with E-state index in [-0.39, 0.29) is 10.9 Å². The molecule has 0 amide bonds. The lowest BCUT2D eigenvalue weighted by Gasteiger charge is -2.13. The fraction of sp³-hybridized carbons (Fsp3) is 0.300. The van der Waals surface area contributed by atoms with E-state index >= 15 is 0 Å². The van der Waals surface area contributed by atoms with E-state index in [0.29, 0.717) is 5.56 Å². The van der Waals surface area contributed by atoms with Crippen molar-refractivity contribution in [2.45, 2.75) is 13.3 Å². The fourth-order valence-electron chi connectivity index (χ4n) is 1.27. The van der Waals surface area contributed by atoms with E-state index < -0.39 is 17.9 Å². The van der Waals surface area contributed by atoms with E-state index in [2.05, 4.69) is 20.7 Å². The van der Waals surface area contributed by atoms with E-state index in [0.717, 1.165) is 6.07 Å². The molecule has 0 radical (unpaired) electrons. The summed E-state index contributed by atoms with van der Waals surface area (Å²) in [6, 6.07) is 4.08. The summed E-state index contributed by atoms with van der Waals surface area (Å²) in [7, 11) is 0. The zero-order valence-corrected chi connectivity index (χ0v) is 9.85. The molecule has 0 fully saturated rings. The normalized spacial score (nSPS) is 11.3. The van der Waals surface area contributed by atoms with Gasteiger partial charge in [-0.3, -0.25) is 4.79 Å². The van der Waals surface area contributed by atoms with Gasteiger partial charge >= 0.3 is 6.36 Å². The van der Waals surface area contributed by atoms with Crippen LogP contribution in [0, 0.1) is 6.92 Å². The van der Waals surface area contributed by atoms with Crippen LogP contribution < -0.4 is 4.74 Å². The van der Waals surface area contributed by atoms with Crippen molar-refractivity contribution in [3.8, 4) is 5.75 Å². The lowest BCUT2D eigenvalue weighted by atomic mass is 10.0. The second kappa shape index (κ2) is 4.86. The molecule has 0 aromatic heterocycles. The molecule has 0 saturated heterocycles. The average molecular weight is 297 g/mol. The van der Waals surface area contributed by atoms with Crippen molar-refractivity contribution in [3.05, 3.63) is 29.3 Å². The van der Waals surface area contributed by atoms with E-state index in [1.807, 2.05) is 0 Å². The number of carbonyl (C=O) groups excluding carboxylic acids is 1. The number of Topliss-reactive ketones (excluding diaryl/α,β-unsaturated/α-hetero) is 1. The molecule has 0 atom stereocenters. The van der Waals surface area contributed by atoms with Crippen LogP contribution in [0.2, 0.25) is 0 Å². The Morgan fingerprint density at radius 3 is 2.56 bits per heavy atom. The summed E-state index contributed by atoms with van der Waals surface area (Å²) in [6.45, 7) is 1.55. The summed E-state index contributed by atoms with van der Waals surface area (Å²) in [4.78, 5) is 11.4. The molecule has 16 heavy (non-hydrogen) atoms. The molecule has 1 aromatic rings. The number of ketones is 1. The van der Waals surface area contributed by atoms with Crippen molar-refractivity contribution in [1.82, 2.24) is 0 Å². The molecule has 0 aliphatic heterocycles. The highest BCUT2D eigenvalue weighted by Gasteiger charge is 2.33. The van der Waals surface area contributed by atoms with Crippen molar-refractivity contribution in [2.75, 3.05) is 5.33 Å². The van der Waals surface area contributed by atoms with Crippen LogP contribution in [0.15, 0.2) is 18.2 Å². The molecule has 2 nitrogen and oxygen atoms in total. The molecule has 1 rings (SSSR count). The first-order valence-electron chi connectivity index (χ1n) is 4.29. The molecule has 0 aliphatic rings. The zero-order chi connectivity index (χ0) is 12.3. The van der Waals surface area contributed by atoms with E-state index in [1.165, 1.54) is 6.07 Å². The van der Waals surface area contributed by atoms with Crippen molar-refractivity contribution < 1.29 is 22.7 Å². The van der Waals surface area contributed by atoms with Crippen LogP contribution in [-0.4, -0.2) is 17.5 Å². The minimum atomic E-state index is -4.80. The second-order valence-electron chi connectivity index (χ2n) is 3.05. The van der Waals surface area contributed by atoms with Gasteiger partial charge in [-0.2, -0.15) is 0 Å². The Bertz CT molecular complexity index is 402. The van der Waals surface area contributed by atoms with Crippen molar-refractivity contribution >= 4 is 21.7 Å². The van der Waals surface area contributed by atoms with E-state index in [4.69, 9.17) is 0 Å². The molecule has 0 N–H and O–H groups in total. The zero-order valence-electron chi connectivity index (χ0n) is 8.27. The third kappa shape index (κ3) is 3.23. The predicted octanol–water partition coefficient (Wildman–Crippen LogP) is 3.47. The van der Waals surface area contributed by atoms with E-state index in [9.17, 15) is 18.0 Å². The van der Waals surface area contributed by atoms with Crippen LogP contribution in [0.3, 0.4) is 0 Å².